The highest BCUT2D eigenvalue weighted by molar-refractivity contribution is 5.97. The second-order valence-corrected chi connectivity index (χ2v) is 10.7. The largest absolute Gasteiger partial charge is 0.497 e. The van der Waals surface area contributed by atoms with Crippen LogP contribution in [0.25, 0.3) is 0 Å². The summed E-state index contributed by atoms with van der Waals surface area (Å²) < 4.78 is 21.5. The first kappa shape index (κ1) is 29.4. The van der Waals surface area contributed by atoms with Gasteiger partial charge in [-0.05, 0) is 80.3 Å². The molecule has 2 heterocycles. The summed E-state index contributed by atoms with van der Waals surface area (Å²) in [5, 5.41) is 2.65. The van der Waals surface area contributed by atoms with E-state index in [4.69, 9.17) is 18.9 Å². The molecule has 1 aromatic heterocycles. The van der Waals surface area contributed by atoms with Gasteiger partial charge in [-0.2, -0.15) is 0 Å². The molecule has 0 aliphatic carbocycles. The number of nitrogens with zero attached hydrogens (tertiary/aromatic N) is 2. The van der Waals surface area contributed by atoms with Crippen LogP contribution in [0.2, 0.25) is 0 Å². The average Bonchev–Trinajstić information content (AvgIpc) is 2.96. The molecule has 1 aliphatic rings. The number of carbonyl (C=O) groups is 3. The fraction of sp³-hybridized carbons (Fsp3) is 0.355. The molecule has 0 radical (unpaired) electrons. The number of β-lactam (4-membered cyclic amide) rings is 1. The molecule has 216 valence electrons. The minimum absolute atomic E-state index is 0.0809. The van der Waals surface area contributed by atoms with Gasteiger partial charge < -0.3 is 24.3 Å². The van der Waals surface area contributed by atoms with Crippen LogP contribution in [-0.2, 0) is 38.6 Å². The van der Waals surface area contributed by atoms with E-state index in [-0.39, 0.29) is 25.5 Å². The quantitative estimate of drug-likeness (QED) is 0.285. The Morgan fingerprint density at radius 2 is 1.51 bits per heavy atom. The number of benzene rings is 2. The number of hydrogen-bond donors (Lipinski definition) is 1. The van der Waals surface area contributed by atoms with Gasteiger partial charge in [0.1, 0.15) is 35.6 Å². The van der Waals surface area contributed by atoms with Crippen LogP contribution in [-0.4, -0.2) is 48.8 Å². The molecule has 2 amide bonds. The van der Waals surface area contributed by atoms with Gasteiger partial charge in [0.25, 0.3) is 0 Å². The fourth-order valence-electron chi connectivity index (χ4n) is 4.27. The van der Waals surface area contributed by atoms with E-state index in [1.54, 1.807) is 65.5 Å². The molecule has 0 spiro atoms. The molecule has 2 unspecified atom stereocenters. The smallest absolute Gasteiger partial charge is 0.416 e. The number of pyridine rings is 1. The average molecular weight is 562 g/mol. The fourth-order valence-corrected chi connectivity index (χ4v) is 4.27. The lowest BCUT2D eigenvalue weighted by atomic mass is 9.85. The molecule has 0 saturated carbocycles. The molecule has 10 heteroatoms. The van der Waals surface area contributed by atoms with Gasteiger partial charge in [0.2, 0.25) is 5.91 Å². The first-order chi connectivity index (χ1) is 19.6. The minimum Gasteiger partial charge on any atom is -0.497 e. The van der Waals surface area contributed by atoms with E-state index in [9.17, 15) is 14.4 Å². The third-order valence-electron chi connectivity index (χ3n) is 6.49. The Kier molecular flexibility index (Phi) is 9.11. The van der Waals surface area contributed by atoms with Crippen molar-refractivity contribution >= 4 is 23.8 Å². The number of nitrogens with one attached hydrogen (secondary N) is 1. The van der Waals surface area contributed by atoms with Crippen LogP contribution in [0.3, 0.4) is 0 Å². The third kappa shape index (κ3) is 7.75. The van der Waals surface area contributed by atoms with E-state index in [0.717, 1.165) is 16.7 Å². The second kappa shape index (κ2) is 12.7. The lowest BCUT2D eigenvalue weighted by molar-refractivity contribution is -0.158. The molecule has 10 nitrogen and oxygen atoms in total. The Hall–Kier alpha value is -4.60. The van der Waals surface area contributed by atoms with Gasteiger partial charge in [-0.25, -0.2) is 14.6 Å². The second-order valence-electron chi connectivity index (χ2n) is 10.7. The summed E-state index contributed by atoms with van der Waals surface area (Å²) in [4.78, 5) is 44.3. The maximum absolute atomic E-state index is 13.2. The molecule has 1 N–H and O–H groups in total. The predicted molar refractivity (Wildman–Crippen MR) is 152 cm³/mol. The number of aromatic nitrogens is 1. The number of rotatable bonds is 10. The standard InChI is InChI=1S/C31H35N3O7/c1-31(2,3)41-30(37)34(18-20-6-10-23(38-4)11-7-20)26-17-22(14-15-32-26)16-25-27(33-28(25)35)29(36)40-19-21-8-12-24(39-5)13-9-21/h6-15,17,25,27H,16,18-19H2,1-5H3,(H,33,35). The molecule has 1 aliphatic heterocycles. The van der Waals surface area contributed by atoms with E-state index < -0.39 is 29.6 Å². The van der Waals surface area contributed by atoms with Gasteiger partial charge in [0, 0.05) is 6.20 Å². The summed E-state index contributed by atoms with van der Waals surface area (Å²) in [5.41, 5.74) is 1.68. The van der Waals surface area contributed by atoms with Gasteiger partial charge in [0.05, 0.1) is 26.7 Å². The maximum atomic E-state index is 13.2. The third-order valence-corrected chi connectivity index (χ3v) is 6.49. The molecule has 1 fully saturated rings. The highest BCUT2D eigenvalue weighted by Gasteiger charge is 2.45. The molecule has 3 aromatic rings. The number of carbonyl (C=O) groups excluding carboxylic acids is 3. The van der Waals surface area contributed by atoms with Crippen molar-refractivity contribution in [2.45, 2.75) is 52.0 Å². The summed E-state index contributed by atoms with van der Waals surface area (Å²) in [6.45, 7) is 5.67. The Morgan fingerprint density at radius 3 is 2.07 bits per heavy atom. The summed E-state index contributed by atoms with van der Waals surface area (Å²) in [6, 6.07) is 17.3. The normalized spacial score (nSPS) is 16.2. The minimum atomic E-state index is -0.765. The first-order valence-electron chi connectivity index (χ1n) is 13.2. The monoisotopic (exact) mass is 561 g/mol. The zero-order chi connectivity index (χ0) is 29.6. The molecular weight excluding hydrogens is 526 g/mol. The van der Waals surface area contributed by atoms with Crippen LogP contribution >= 0.6 is 0 Å². The van der Waals surface area contributed by atoms with Gasteiger partial charge in [0.15, 0.2) is 0 Å². The topological polar surface area (TPSA) is 116 Å². The van der Waals surface area contributed by atoms with Crippen LogP contribution in [0.5, 0.6) is 11.5 Å². The van der Waals surface area contributed by atoms with Gasteiger partial charge in [-0.15, -0.1) is 0 Å². The highest BCUT2D eigenvalue weighted by Crippen LogP contribution is 2.26. The van der Waals surface area contributed by atoms with Crippen molar-refractivity contribution in [1.82, 2.24) is 10.3 Å². The molecule has 4 rings (SSSR count). The van der Waals surface area contributed by atoms with Crippen LogP contribution in [0.1, 0.15) is 37.5 Å². The van der Waals surface area contributed by atoms with Crippen molar-refractivity contribution in [2.75, 3.05) is 19.1 Å². The highest BCUT2D eigenvalue weighted by atomic mass is 16.6. The molecule has 41 heavy (non-hydrogen) atoms. The molecular formula is C31H35N3O7. The van der Waals surface area contributed by atoms with Crippen LogP contribution < -0.4 is 19.7 Å². The summed E-state index contributed by atoms with van der Waals surface area (Å²) >= 11 is 0. The number of ether oxygens (including phenoxy) is 4. The van der Waals surface area contributed by atoms with E-state index in [0.29, 0.717) is 17.3 Å². The van der Waals surface area contributed by atoms with E-state index in [1.807, 2.05) is 36.4 Å². The predicted octanol–water partition coefficient (Wildman–Crippen LogP) is 4.44. The van der Waals surface area contributed by atoms with Crippen molar-refractivity contribution in [3.05, 3.63) is 83.6 Å². The Bertz CT molecular complexity index is 1370. The van der Waals surface area contributed by atoms with Crippen molar-refractivity contribution in [3.8, 4) is 11.5 Å². The van der Waals surface area contributed by atoms with Crippen LogP contribution in [0.15, 0.2) is 66.9 Å². The molecule has 1 saturated heterocycles. The van der Waals surface area contributed by atoms with Gasteiger partial charge in [-0.1, -0.05) is 24.3 Å². The molecule has 0 bridgehead atoms. The lowest BCUT2D eigenvalue weighted by Gasteiger charge is -2.35. The maximum Gasteiger partial charge on any atom is 0.416 e. The molecule has 2 aromatic carbocycles. The zero-order valence-corrected chi connectivity index (χ0v) is 23.9. The SMILES string of the molecule is COc1ccc(COC(=O)C2NC(=O)C2Cc2ccnc(N(Cc3ccc(OC)cc3)C(=O)OC(C)(C)C)c2)cc1. The van der Waals surface area contributed by atoms with Crippen molar-refractivity contribution in [3.63, 3.8) is 0 Å². The first-order valence-corrected chi connectivity index (χ1v) is 13.2. The van der Waals surface area contributed by atoms with E-state index >= 15 is 0 Å². The van der Waals surface area contributed by atoms with Crippen LogP contribution in [0.4, 0.5) is 10.6 Å². The Morgan fingerprint density at radius 1 is 0.902 bits per heavy atom. The molecule has 2 atom stereocenters. The number of esters is 1. The van der Waals surface area contributed by atoms with Gasteiger partial charge >= 0.3 is 12.1 Å². The number of anilines is 1. The van der Waals surface area contributed by atoms with Crippen molar-refractivity contribution < 1.29 is 33.3 Å². The number of hydrogen-bond acceptors (Lipinski definition) is 8. The number of methoxy groups -OCH3 is 2. The van der Waals surface area contributed by atoms with E-state index in [2.05, 4.69) is 10.3 Å². The van der Waals surface area contributed by atoms with Gasteiger partial charge in [-0.3, -0.25) is 9.69 Å². The van der Waals surface area contributed by atoms with Crippen LogP contribution in [0, 0.1) is 5.92 Å². The van der Waals surface area contributed by atoms with E-state index in [1.165, 1.54) is 4.90 Å². The number of amides is 2. The Balaban J connectivity index is 1.46. The lowest BCUT2D eigenvalue weighted by Crippen LogP contribution is -2.63. The summed E-state index contributed by atoms with van der Waals surface area (Å²) in [5.74, 6) is 0.425. The Labute approximate surface area is 239 Å². The van der Waals surface area contributed by atoms with Crippen molar-refractivity contribution in [1.29, 1.82) is 0 Å². The van der Waals surface area contributed by atoms with Crippen molar-refractivity contribution in [2.24, 2.45) is 5.92 Å². The summed E-state index contributed by atoms with van der Waals surface area (Å²) in [6.07, 6.45) is 1.29. The zero-order valence-electron chi connectivity index (χ0n) is 23.9. The summed E-state index contributed by atoms with van der Waals surface area (Å²) in [7, 11) is 3.17.